The zero-order valence-electron chi connectivity index (χ0n) is 16.9. The van der Waals surface area contributed by atoms with Crippen LogP contribution in [-0.2, 0) is 23.6 Å². The topological polar surface area (TPSA) is 121 Å². The Kier molecular flexibility index (Phi) is 34.6. The van der Waals surface area contributed by atoms with Gasteiger partial charge in [0.25, 0.3) is 0 Å². The van der Waals surface area contributed by atoms with Gasteiger partial charge >= 0.3 is 13.4 Å². The minimum atomic E-state index is -3.81. The first-order valence-electron chi connectivity index (χ1n) is 9.39. The number of hydrogen-bond donors (Lipinski definition) is 6. The molecule has 0 aliphatic rings. The fraction of sp³-hybridized carbons (Fsp3) is 1.00. The van der Waals surface area contributed by atoms with E-state index in [9.17, 15) is 0 Å². The van der Waals surface area contributed by atoms with Crippen LogP contribution in [0.15, 0.2) is 0 Å². The van der Waals surface area contributed by atoms with Crippen LogP contribution < -0.4 is 0 Å². The summed E-state index contributed by atoms with van der Waals surface area (Å²) in [6, 6.07) is 0. The average molecular weight is 457 g/mol. The molecule has 0 aromatic rings. The third-order valence-electron chi connectivity index (χ3n) is 2.91. The Morgan fingerprint density at radius 1 is 0.423 bits per heavy atom. The molecule has 0 rings (SSSR count). The van der Waals surface area contributed by atoms with Crippen LogP contribution >= 0.6 is 13.4 Å². The third-order valence-corrected chi connectivity index (χ3v) is 2.91. The molecule has 6 nitrogen and oxygen atoms in total. The maximum Gasteiger partial charge on any atom is 0.319 e. The summed E-state index contributed by atoms with van der Waals surface area (Å²) in [6.45, 7) is 1.41. The Morgan fingerprint density at radius 3 is 0.615 bits per heavy atom. The lowest BCUT2D eigenvalue weighted by Gasteiger charge is -1.93. The molecule has 0 unspecified atom stereocenters. The standard InChI is InChI=1S/2C8H18.2H3O3PS/c2*1-3-5-7-8-6-4-2;2*1-4(2,3)5/h2*3-8H2,1-2H3;2*(H3,1,2,3,5). The highest BCUT2D eigenvalue weighted by Crippen LogP contribution is 2.26. The zero-order valence-corrected chi connectivity index (χ0v) is 20.3. The minimum absolute atomic E-state index is 1.36. The van der Waals surface area contributed by atoms with Gasteiger partial charge in [0.1, 0.15) is 0 Å². The highest BCUT2D eigenvalue weighted by molar-refractivity contribution is 8.06. The summed E-state index contributed by atoms with van der Waals surface area (Å²) >= 11 is 7.21. The Hall–Kier alpha value is 1.06. The van der Waals surface area contributed by atoms with Gasteiger partial charge in [-0.25, -0.2) is 0 Å². The fourth-order valence-corrected chi connectivity index (χ4v) is 1.71. The van der Waals surface area contributed by atoms with Gasteiger partial charge in [-0.05, 0) is 23.6 Å². The quantitative estimate of drug-likeness (QED) is 0.198. The van der Waals surface area contributed by atoms with E-state index in [1.807, 2.05) is 0 Å². The van der Waals surface area contributed by atoms with E-state index < -0.39 is 13.4 Å². The zero-order chi connectivity index (χ0) is 21.5. The van der Waals surface area contributed by atoms with Crippen molar-refractivity contribution in [2.75, 3.05) is 0 Å². The van der Waals surface area contributed by atoms with Crippen LogP contribution in [0.4, 0.5) is 0 Å². The van der Waals surface area contributed by atoms with E-state index in [1.165, 1.54) is 77.0 Å². The molecule has 164 valence electrons. The Morgan fingerprint density at radius 2 is 0.538 bits per heavy atom. The van der Waals surface area contributed by atoms with Crippen LogP contribution in [-0.4, -0.2) is 29.4 Å². The van der Waals surface area contributed by atoms with Gasteiger partial charge in [-0.2, -0.15) is 0 Å². The van der Waals surface area contributed by atoms with Gasteiger partial charge in [-0.15, -0.1) is 0 Å². The third kappa shape index (κ3) is 119. The Labute approximate surface area is 171 Å². The maximum atomic E-state index is 7.56. The molecule has 0 amide bonds. The summed E-state index contributed by atoms with van der Waals surface area (Å²) in [6.07, 6.45) is 17.0. The van der Waals surface area contributed by atoms with Crippen molar-refractivity contribution in [2.24, 2.45) is 0 Å². The van der Waals surface area contributed by atoms with Gasteiger partial charge in [0, 0.05) is 0 Å². The molecule has 0 heterocycles. The lowest BCUT2D eigenvalue weighted by Crippen LogP contribution is -1.73. The molecular weight excluding hydrogens is 414 g/mol. The van der Waals surface area contributed by atoms with E-state index in [4.69, 9.17) is 29.4 Å². The molecule has 0 saturated carbocycles. The Bertz CT molecular complexity index is 274. The SMILES string of the molecule is CCCCCCCC.CCCCCCCC.OP(O)(O)=S.OP(O)(O)=S. The van der Waals surface area contributed by atoms with Crippen molar-refractivity contribution in [3.05, 3.63) is 0 Å². The smallest absolute Gasteiger partial charge is 0.319 e. The van der Waals surface area contributed by atoms with Crippen LogP contribution in [0.2, 0.25) is 0 Å². The first kappa shape index (κ1) is 34.6. The van der Waals surface area contributed by atoms with Crippen molar-refractivity contribution >= 4 is 37.1 Å². The number of hydrogen-bond acceptors (Lipinski definition) is 2. The Balaban J connectivity index is -0.000000127. The second kappa shape index (κ2) is 26.1. The monoisotopic (exact) mass is 456 g/mol. The molecule has 0 spiro atoms. The van der Waals surface area contributed by atoms with Crippen molar-refractivity contribution in [1.29, 1.82) is 0 Å². The molecule has 0 aromatic heterocycles. The van der Waals surface area contributed by atoms with Crippen LogP contribution in [0.5, 0.6) is 0 Å². The molecular formula is C16H42O6P2S2. The molecule has 10 heteroatoms. The van der Waals surface area contributed by atoms with E-state index in [0.717, 1.165) is 0 Å². The number of rotatable bonds is 10. The van der Waals surface area contributed by atoms with Crippen molar-refractivity contribution in [2.45, 2.75) is 105 Å². The summed E-state index contributed by atoms with van der Waals surface area (Å²) in [7, 11) is 0. The second-order valence-corrected chi connectivity index (χ2v) is 10.8. The fourth-order valence-electron chi connectivity index (χ4n) is 1.71. The molecule has 6 N–H and O–H groups in total. The normalized spacial score (nSPS) is 10.5. The van der Waals surface area contributed by atoms with Gasteiger partial charge in [0.2, 0.25) is 0 Å². The largest absolute Gasteiger partial charge is 0.325 e. The lowest BCUT2D eigenvalue weighted by atomic mass is 10.1. The lowest BCUT2D eigenvalue weighted by molar-refractivity contribution is 0.361. The van der Waals surface area contributed by atoms with Crippen LogP contribution in [0, 0.1) is 0 Å². The van der Waals surface area contributed by atoms with Crippen molar-refractivity contribution in [3.8, 4) is 0 Å². The van der Waals surface area contributed by atoms with Crippen LogP contribution in [0.3, 0.4) is 0 Å². The van der Waals surface area contributed by atoms with E-state index in [0.29, 0.717) is 0 Å². The second-order valence-electron chi connectivity index (χ2n) is 5.85. The van der Waals surface area contributed by atoms with E-state index in [-0.39, 0.29) is 0 Å². The summed E-state index contributed by atoms with van der Waals surface area (Å²) < 4.78 is 0. The van der Waals surface area contributed by atoms with Crippen LogP contribution in [0.25, 0.3) is 0 Å². The van der Waals surface area contributed by atoms with Gasteiger partial charge in [0.15, 0.2) is 0 Å². The van der Waals surface area contributed by atoms with Crippen LogP contribution in [0.1, 0.15) is 105 Å². The number of unbranched alkanes of at least 4 members (excludes halogenated alkanes) is 10. The molecule has 0 atom stereocenters. The maximum absolute atomic E-state index is 7.56. The summed E-state index contributed by atoms with van der Waals surface area (Å²) in [5, 5.41) is 0. The molecule has 0 fully saturated rings. The van der Waals surface area contributed by atoms with Crippen molar-refractivity contribution < 1.29 is 29.4 Å². The molecule has 0 saturated heterocycles. The van der Waals surface area contributed by atoms with Gasteiger partial charge in [-0.3, -0.25) is 0 Å². The molecule has 0 bridgehead atoms. The predicted octanol–water partition coefficient (Wildman–Crippen LogP) is 5.11. The summed E-state index contributed by atoms with van der Waals surface area (Å²) in [5.41, 5.74) is 0. The molecule has 0 aromatic carbocycles. The first-order chi connectivity index (χ1) is 11.8. The minimum Gasteiger partial charge on any atom is -0.325 e. The highest BCUT2D eigenvalue weighted by atomic mass is 32.5. The van der Waals surface area contributed by atoms with Crippen molar-refractivity contribution in [3.63, 3.8) is 0 Å². The molecule has 26 heavy (non-hydrogen) atoms. The van der Waals surface area contributed by atoms with Gasteiger partial charge in [-0.1, -0.05) is 105 Å². The molecule has 0 aliphatic heterocycles. The average Bonchev–Trinajstić information content (AvgIpc) is 2.46. The van der Waals surface area contributed by atoms with Crippen molar-refractivity contribution in [1.82, 2.24) is 0 Å². The van der Waals surface area contributed by atoms with E-state index >= 15 is 0 Å². The summed E-state index contributed by atoms with van der Waals surface area (Å²) in [5.74, 6) is 0. The van der Waals surface area contributed by atoms with E-state index in [2.05, 4.69) is 51.3 Å². The molecule has 0 aliphatic carbocycles. The molecule has 0 radical (unpaired) electrons. The van der Waals surface area contributed by atoms with Gasteiger partial charge < -0.3 is 29.4 Å². The summed E-state index contributed by atoms with van der Waals surface area (Å²) in [4.78, 5) is 45.3. The van der Waals surface area contributed by atoms with E-state index in [1.54, 1.807) is 0 Å². The van der Waals surface area contributed by atoms with Gasteiger partial charge in [0.05, 0.1) is 0 Å². The first-order valence-corrected chi connectivity index (χ1v) is 14.7. The highest BCUT2D eigenvalue weighted by Gasteiger charge is 1.92. The predicted molar refractivity (Wildman–Crippen MR) is 120 cm³/mol.